The lowest BCUT2D eigenvalue weighted by Gasteiger charge is -2.07. The molecule has 0 atom stereocenters. The Morgan fingerprint density at radius 2 is 2.00 bits per heavy atom. The molecule has 2 heterocycles. The molecule has 3 aromatic rings. The van der Waals surface area contributed by atoms with Gasteiger partial charge in [0.25, 0.3) is 0 Å². The predicted molar refractivity (Wildman–Crippen MR) is 85.5 cm³/mol. The summed E-state index contributed by atoms with van der Waals surface area (Å²) >= 11 is 1.67. The summed E-state index contributed by atoms with van der Waals surface area (Å²) in [5, 5.41) is 13.8. The van der Waals surface area contributed by atoms with Crippen molar-refractivity contribution in [3.63, 3.8) is 0 Å². The lowest BCUT2D eigenvalue weighted by atomic mass is 10.2. The molecule has 0 spiro atoms. The number of anilines is 2. The van der Waals surface area contributed by atoms with Gasteiger partial charge in [-0.2, -0.15) is 0 Å². The van der Waals surface area contributed by atoms with Crippen molar-refractivity contribution in [1.29, 1.82) is 0 Å². The number of halogens is 1. The number of nitrogens with zero attached hydrogens (tertiary/aromatic N) is 2. The number of aryl methyl sites for hydroxylation is 2. The summed E-state index contributed by atoms with van der Waals surface area (Å²) in [7, 11) is 0. The Bertz CT molecular complexity index is 757. The maximum absolute atomic E-state index is 9.49. The van der Waals surface area contributed by atoms with Gasteiger partial charge in [0.05, 0.1) is 5.39 Å². The molecule has 0 aliphatic rings. The summed E-state index contributed by atoms with van der Waals surface area (Å²) in [5.74, 6) is 1.01. The van der Waals surface area contributed by atoms with Crippen LogP contribution in [0.25, 0.3) is 10.2 Å². The van der Waals surface area contributed by atoms with Gasteiger partial charge in [0.2, 0.25) is 0 Å². The number of hydrogen-bond acceptors (Lipinski definition) is 5. The van der Waals surface area contributed by atoms with Gasteiger partial charge in [-0.1, -0.05) is 6.07 Å². The van der Waals surface area contributed by atoms with Crippen molar-refractivity contribution in [1.82, 2.24) is 9.97 Å². The maximum atomic E-state index is 9.49. The summed E-state index contributed by atoms with van der Waals surface area (Å²) in [4.78, 5) is 10.8. The highest BCUT2D eigenvalue weighted by atomic mass is 35.5. The molecular weight excluding hydrogens is 294 g/mol. The molecule has 0 amide bonds. The fraction of sp³-hybridized carbons (Fsp3) is 0.143. The standard InChI is InChI=1S/C14H13N3OS.ClH/c1-8-9(2)19-14-12(8)13(15-7-16-14)17-10-4-3-5-11(18)6-10;/h3-7,18H,1-2H3,(H,15,16,17);1H. The van der Waals surface area contributed by atoms with Crippen LogP contribution in [0.3, 0.4) is 0 Å². The molecule has 0 radical (unpaired) electrons. The van der Waals surface area contributed by atoms with E-state index in [-0.39, 0.29) is 18.2 Å². The molecular formula is C14H14ClN3OS. The van der Waals surface area contributed by atoms with Crippen molar-refractivity contribution in [3.8, 4) is 5.75 Å². The van der Waals surface area contributed by atoms with Crippen LogP contribution in [0, 0.1) is 13.8 Å². The van der Waals surface area contributed by atoms with Crippen molar-refractivity contribution in [2.24, 2.45) is 0 Å². The average molecular weight is 308 g/mol. The first kappa shape index (κ1) is 14.6. The largest absolute Gasteiger partial charge is 0.508 e. The zero-order chi connectivity index (χ0) is 13.4. The van der Waals surface area contributed by atoms with Gasteiger partial charge in [-0.3, -0.25) is 0 Å². The number of nitrogens with one attached hydrogen (secondary N) is 1. The highest BCUT2D eigenvalue weighted by molar-refractivity contribution is 7.18. The Labute approximate surface area is 126 Å². The van der Waals surface area contributed by atoms with Crippen LogP contribution >= 0.6 is 23.7 Å². The Hall–Kier alpha value is -1.85. The molecule has 0 aliphatic carbocycles. The molecule has 6 heteroatoms. The second-order valence-electron chi connectivity index (χ2n) is 4.36. The van der Waals surface area contributed by atoms with Crippen LogP contribution in [0.1, 0.15) is 10.4 Å². The van der Waals surface area contributed by atoms with E-state index in [1.54, 1.807) is 35.9 Å². The highest BCUT2D eigenvalue weighted by Gasteiger charge is 2.11. The Balaban J connectivity index is 0.00000147. The first-order chi connectivity index (χ1) is 9.15. The van der Waals surface area contributed by atoms with E-state index in [1.165, 1.54) is 10.4 Å². The number of phenols is 1. The maximum Gasteiger partial charge on any atom is 0.142 e. The summed E-state index contributed by atoms with van der Waals surface area (Å²) in [5.41, 5.74) is 2.01. The fourth-order valence-corrected chi connectivity index (χ4v) is 2.99. The number of phenolic OH excluding ortho intramolecular Hbond substituents is 1. The third-order valence-corrected chi connectivity index (χ3v) is 4.19. The second-order valence-corrected chi connectivity index (χ2v) is 5.56. The number of benzene rings is 1. The smallest absolute Gasteiger partial charge is 0.142 e. The third kappa shape index (κ3) is 2.55. The van der Waals surface area contributed by atoms with Gasteiger partial charge < -0.3 is 10.4 Å². The quantitative estimate of drug-likeness (QED) is 0.745. The topological polar surface area (TPSA) is 58.0 Å². The molecule has 0 saturated heterocycles. The van der Waals surface area contributed by atoms with E-state index in [0.29, 0.717) is 0 Å². The van der Waals surface area contributed by atoms with Crippen LogP contribution in [0.15, 0.2) is 30.6 Å². The molecule has 3 rings (SSSR count). The number of hydrogen-bond donors (Lipinski definition) is 2. The lowest BCUT2D eigenvalue weighted by molar-refractivity contribution is 0.475. The van der Waals surface area contributed by atoms with Gasteiger partial charge in [0.15, 0.2) is 0 Å². The Morgan fingerprint density at radius 3 is 2.75 bits per heavy atom. The molecule has 20 heavy (non-hydrogen) atoms. The van der Waals surface area contributed by atoms with Gasteiger partial charge in [-0.05, 0) is 31.5 Å². The van der Waals surface area contributed by atoms with Gasteiger partial charge in [-0.25, -0.2) is 9.97 Å². The minimum atomic E-state index is 0. The van der Waals surface area contributed by atoms with Gasteiger partial charge in [0, 0.05) is 16.6 Å². The number of aromatic nitrogens is 2. The minimum Gasteiger partial charge on any atom is -0.508 e. The van der Waals surface area contributed by atoms with Crippen molar-refractivity contribution in [3.05, 3.63) is 41.0 Å². The van der Waals surface area contributed by atoms with Crippen molar-refractivity contribution in [2.75, 3.05) is 5.32 Å². The van der Waals surface area contributed by atoms with E-state index in [1.807, 2.05) is 6.07 Å². The van der Waals surface area contributed by atoms with E-state index >= 15 is 0 Å². The van der Waals surface area contributed by atoms with Gasteiger partial charge >= 0.3 is 0 Å². The summed E-state index contributed by atoms with van der Waals surface area (Å²) in [6.07, 6.45) is 1.56. The average Bonchev–Trinajstić information content (AvgIpc) is 2.66. The normalized spacial score (nSPS) is 10.3. The fourth-order valence-electron chi connectivity index (χ4n) is 2.00. The van der Waals surface area contributed by atoms with E-state index in [4.69, 9.17) is 0 Å². The molecule has 0 fully saturated rings. The number of aromatic hydroxyl groups is 1. The van der Waals surface area contributed by atoms with Gasteiger partial charge in [0.1, 0.15) is 22.7 Å². The van der Waals surface area contributed by atoms with Crippen LogP contribution in [-0.4, -0.2) is 15.1 Å². The van der Waals surface area contributed by atoms with Crippen LogP contribution in [0.2, 0.25) is 0 Å². The highest BCUT2D eigenvalue weighted by Crippen LogP contribution is 2.33. The van der Waals surface area contributed by atoms with Crippen molar-refractivity contribution in [2.45, 2.75) is 13.8 Å². The van der Waals surface area contributed by atoms with Crippen LogP contribution in [0.5, 0.6) is 5.75 Å². The first-order valence-corrected chi connectivity index (χ1v) is 6.73. The molecule has 4 nitrogen and oxygen atoms in total. The second kappa shape index (κ2) is 5.64. The van der Waals surface area contributed by atoms with Crippen LogP contribution < -0.4 is 5.32 Å². The zero-order valence-corrected chi connectivity index (χ0v) is 12.7. The monoisotopic (exact) mass is 307 g/mol. The van der Waals surface area contributed by atoms with Crippen molar-refractivity contribution < 1.29 is 5.11 Å². The summed E-state index contributed by atoms with van der Waals surface area (Å²) in [6, 6.07) is 6.99. The van der Waals surface area contributed by atoms with E-state index in [0.717, 1.165) is 21.7 Å². The van der Waals surface area contributed by atoms with Gasteiger partial charge in [-0.15, -0.1) is 23.7 Å². The number of thiophene rings is 1. The molecule has 0 saturated carbocycles. The molecule has 2 aromatic heterocycles. The number of rotatable bonds is 2. The van der Waals surface area contributed by atoms with Crippen LogP contribution in [0.4, 0.5) is 11.5 Å². The molecule has 0 bridgehead atoms. The zero-order valence-electron chi connectivity index (χ0n) is 11.0. The van der Waals surface area contributed by atoms with E-state index in [9.17, 15) is 5.11 Å². The SMILES string of the molecule is Cc1sc2ncnc(Nc3cccc(O)c3)c2c1C.Cl. The Kier molecular flexibility index (Phi) is 4.11. The van der Waals surface area contributed by atoms with Crippen LogP contribution in [-0.2, 0) is 0 Å². The van der Waals surface area contributed by atoms with Crippen molar-refractivity contribution >= 4 is 45.5 Å². The van der Waals surface area contributed by atoms with E-state index < -0.39 is 0 Å². The molecule has 104 valence electrons. The summed E-state index contributed by atoms with van der Waals surface area (Å²) in [6.45, 7) is 4.16. The summed E-state index contributed by atoms with van der Waals surface area (Å²) < 4.78 is 0. The minimum absolute atomic E-state index is 0. The number of fused-ring (bicyclic) bond motifs is 1. The first-order valence-electron chi connectivity index (χ1n) is 5.92. The molecule has 0 aliphatic heterocycles. The molecule has 0 unspecified atom stereocenters. The molecule has 2 N–H and O–H groups in total. The van der Waals surface area contributed by atoms with E-state index in [2.05, 4.69) is 29.1 Å². The lowest BCUT2D eigenvalue weighted by Crippen LogP contribution is -1.95. The Morgan fingerprint density at radius 1 is 1.20 bits per heavy atom. The molecule has 1 aromatic carbocycles. The third-order valence-electron chi connectivity index (χ3n) is 3.07. The predicted octanol–water partition coefficient (Wildman–Crippen LogP) is 4.18.